The normalized spacial score (nSPS) is 11.4. The number of hydrogen-bond donors (Lipinski definition) is 2. The minimum Gasteiger partial charge on any atom is -0.306 e. The van der Waals surface area contributed by atoms with E-state index in [0.29, 0.717) is 82.0 Å². The first-order valence-electron chi connectivity index (χ1n) is 22.4. The van der Waals surface area contributed by atoms with E-state index in [1.807, 2.05) is 84.9 Å². The molecule has 0 saturated carbocycles. The molecule has 13 nitrogen and oxygen atoms in total. The molecule has 342 valence electrons. The number of aromatic amines is 2. The zero-order valence-corrected chi connectivity index (χ0v) is 38.8. The largest absolute Gasteiger partial charge is 0.333 e. The maximum Gasteiger partial charge on any atom is 0.333 e. The number of rotatable bonds is 7. The summed E-state index contributed by atoms with van der Waals surface area (Å²) in [6.07, 6.45) is 7.91. The van der Waals surface area contributed by atoms with Crippen LogP contribution in [0.15, 0.2) is 196 Å². The number of benzene rings is 6. The van der Waals surface area contributed by atoms with E-state index in [0.717, 1.165) is 36.8 Å². The lowest BCUT2D eigenvalue weighted by molar-refractivity contribution is 0.902. The number of fused-ring (bicyclic) bond motifs is 4. The smallest absolute Gasteiger partial charge is 0.306 e. The molecule has 6 heterocycles. The monoisotopic (exact) mass is 975 g/mol. The summed E-state index contributed by atoms with van der Waals surface area (Å²) >= 11 is 13.8. The summed E-state index contributed by atoms with van der Waals surface area (Å²) in [7, 11) is 0. The van der Waals surface area contributed by atoms with Crippen LogP contribution in [-0.4, -0.2) is 39.0 Å². The zero-order chi connectivity index (χ0) is 49.2. The van der Waals surface area contributed by atoms with Crippen molar-refractivity contribution in [2.24, 2.45) is 0 Å². The summed E-state index contributed by atoms with van der Waals surface area (Å²) in [6.45, 7) is 0. The van der Waals surface area contributed by atoms with E-state index in [1.165, 1.54) is 12.4 Å². The molecule has 0 unspecified atom stereocenters. The average molecular weight is 977 g/mol. The van der Waals surface area contributed by atoms with E-state index in [1.54, 1.807) is 79.3 Å². The van der Waals surface area contributed by atoms with Crippen molar-refractivity contribution in [2.45, 2.75) is 0 Å². The second kappa shape index (κ2) is 17.4. The predicted octanol–water partition coefficient (Wildman–Crippen LogP) is 11.1. The fourth-order valence-electron chi connectivity index (χ4n) is 9.53. The molecule has 0 aliphatic heterocycles. The van der Waals surface area contributed by atoms with Gasteiger partial charge in [0.05, 0.1) is 57.0 Å². The third kappa shape index (κ3) is 7.25. The molecular formula is C57H31Cl2N9O4. The Kier molecular flexibility index (Phi) is 10.6. The Labute approximate surface area is 416 Å². The molecule has 0 aliphatic carbocycles. The maximum absolute atomic E-state index is 14.4. The fraction of sp³-hybridized carbons (Fsp3) is 0. The van der Waals surface area contributed by atoms with Crippen LogP contribution < -0.4 is 22.5 Å². The van der Waals surface area contributed by atoms with Crippen LogP contribution in [0.4, 0.5) is 0 Å². The van der Waals surface area contributed by atoms with Crippen LogP contribution in [0.2, 0.25) is 10.0 Å². The van der Waals surface area contributed by atoms with E-state index in [2.05, 4.69) is 26.0 Å². The molecule has 0 radical (unpaired) electrons. The zero-order valence-electron chi connectivity index (χ0n) is 37.3. The predicted molar refractivity (Wildman–Crippen MR) is 282 cm³/mol. The first-order chi connectivity index (χ1) is 35.1. The van der Waals surface area contributed by atoms with Crippen LogP contribution >= 0.6 is 23.2 Å². The molecule has 0 atom stereocenters. The molecule has 0 fully saturated rings. The van der Waals surface area contributed by atoms with Gasteiger partial charge in [-0.1, -0.05) is 108 Å². The average Bonchev–Trinajstić information content (AvgIpc) is 3.40. The number of hydrogen-bond acceptors (Lipinski definition) is 9. The molecule has 0 amide bonds. The first-order valence-corrected chi connectivity index (χ1v) is 23.1. The highest BCUT2D eigenvalue weighted by atomic mass is 35.5. The second-order valence-electron chi connectivity index (χ2n) is 16.9. The summed E-state index contributed by atoms with van der Waals surface area (Å²) < 4.78 is 2.18. The minimum atomic E-state index is -0.671. The molecule has 0 bridgehead atoms. The number of nitriles is 1. The van der Waals surface area contributed by atoms with Crippen molar-refractivity contribution < 1.29 is 0 Å². The van der Waals surface area contributed by atoms with Crippen molar-refractivity contribution >= 4 is 66.6 Å². The lowest BCUT2D eigenvalue weighted by atomic mass is 9.93. The SMILES string of the molecule is N#Cc1cc(-c2cccc(Cl)c2-c2ccc3c(=O)n(-c4cnc(-c5cc(-c6cccc(Cl)c6-c6ccc7c(=O)n(-c8cncc9ccccc89)c(=O)[nH]c7c6)ccn5)c5ccccc45)c(=O)[nH]c3c2)ccn1. The summed E-state index contributed by atoms with van der Waals surface area (Å²) in [5.74, 6) is 0. The minimum absolute atomic E-state index is 0.250. The summed E-state index contributed by atoms with van der Waals surface area (Å²) in [5, 5.41) is 13.7. The Balaban J connectivity index is 0.919. The van der Waals surface area contributed by atoms with Crippen molar-refractivity contribution in [1.82, 2.24) is 39.0 Å². The molecule has 6 aromatic carbocycles. The van der Waals surface area contributed by atoms with Crippen LogP contribution in [0.25, 0.3) is 111 Å². The van der Waals surface area contributed by atoms with Gasteiger partial charge in [0.1, 0.15) is 11.8 Å². The second-order valence-corrected chi connectivity index (χ2v) is 17.7. The Morgan fingerprint density at radius 3 is 1.67 bits per heavy atom. The molecule has 0 aliphatic rings. The maximum atomic E-state index is 14.4. The summed E-state index contributed by atoms with van der Waals surface area (Å²) in [5.41, 5.74) is 5.82. The number of nitrogens with zero attached hydrogens (tertiary/aromatic N) is 7. The molecule has 0 spiro atoms. The topological polar surface area (TPSA) is 185 Å². The van der Waals surface area contributed by atoms with Crippen molar-refractivity contribution in [1.29, 1.82) is 5.26 Å². The molecule has 15 heteroatoms. The third-order valence-corrected chi connectivity index (χ3v) is 13.4. The molecule has 0 saturated heterocycles. The molecule has 72 heavy (non-hydrogen) atoms. The van der Waals surface area contributed by atoms with Crippen LogP contribution in [0.5, 0.6) is 0 Å². The Bertz CT molecular complexity index is 4570. The van der Waals surface area contributed by atoms with Crippen LogP contribution in [0.1, 0.15) is 5.69 Å². The Morgan fingerprint density at radius 1 is 0.486 bits per heavy atom. The van der Waals surface area contributed by atoms with E-state index in [9.17, 15) is 24.4 Å². The van der Waals surface area contributed by atoms with E-state index in [-0.39, 0.29) is 16.8 Å². The Morgan fingerprint density at radius 2 is 1.04 bits per heavy atom. The van der Waals surface area contributed by atoms with Gasteiger partial charge in [0.15, 0.2) is 0 Å². The van der Waals surface area contributed by atoms with Gasteiger partial charge in [-0.25, -0.2) is 23.7 Å². The summed E-state index contributed by atoms with van der Waals surface area (Å²) in [6, 6.07) is 45.4. The van der Waals surface area contributed by atoms with Gasteiger partial charge in [0.25, 0.3) is 11.1 Å². The molecule has 2 N–H and O–H groups in total. The number of H-pyrrole nitrogens is 2. The standard InChI is InChI=1S/C57H31Cl2N9O4/c58-44-13-5-11-38(31-19-21-62-36(23-31)27-60)51(44)33-15-18-43-47(25-33)66-57(72)68(55(43)70)50-30-64-53(41-10-4-3-9-40(41)50)48-24-32(20-22-63-48)39-12-6-14-45(59)52(39)34-16-17-42-46(26-34)65-56(71)67(54(42)69)49-29-61-28-35-7-1-2-8-37(35)49/h1-26,28-30H,(H,65,71)(H,66,72). The highest BCUT2D eigenvalue weighted by Crippen LogP contribution is 2.41. The summed E-state index contributed by atoms with van der Waals surface area (Å²) in [4.78, 5) is 80.0. The van der Waals surface area contributed by atoms with Crippen LogP contribution in [0.3, 0.4) is 0 Å². The van der Waals surface area contributed by atoms with Crippen molar-refractivity contribution in [3.8, 4) is 73.3 Å². The lowest BCUT2D eigenvalue weighted by Gasteiger charge is -2.15. The van der Waals surface area contributed by atoms with Gasteiger partial charge in [0, 0.05) is 61.3 Å². The molecule has 12 aromatic rings. The van der Waals surface area contributed by atoms with Gasteiger partial charge in [0.2, 0.25) is 0 Å². The van der Waals surface area contributed by atoms with Crippen molar-refractivity contribution in [2.75, 3.05) is 0 Å². The van der Waals surface area contributed by atoms with Gasteiger partial charge < -0.3 is 9.97 Å². The van der Waals surface area contributed by atoms with Crippen molar-refractivity contribution in [3.63, 3.8) is 0 Å². The van der Waals surface area contributed by atoms with E-state index < -0.39 is 22.5 Å². The van der Waals surface area contributed by atoms with Gasteiger partial charge in [-0.05, 0) is 94.0 Å². The van der Waals surface area contributed by atoms with Gasteiger partial charge in [-0.2, -0.15) is 5.26 Å². The highest BCUT2D eigenvalue weighted by Gasteiger charge is 2.21. The fourth-order valence-corrected chi connectivity index (χ4v) is 10.1. The van der Waals surface area contributed by atoms with Crippen LogP contribution in [-0.2, 0) is 0 Å². The van der Waals surface area contributed by atoms with E-state index in [4.69, 9.17) is 33.2 Å². The lowest BCUT2D eigenvalue weighted by Crippen LogP contribution is -2.33. The Hall–Kier alpha value is -9.61. The molecule has 12 rings (SSSR count). The first kappa shape index (κ1) is 43.7. The quantitative estimate of drug-likeness (QED) is 0.157. The highest BCUT2D eigenvalue weighted by molar-refractivity contribution is 6.34. The number of pyridine rings is 4. The third-order valence-electron chi connectivity index (χ3n) is 12.8. The van der Waals surface area contributed by atoms with E-state index >= 15 is 0 Å². The molecular weight excluding hydrogens is 946 g/mol. The van der Waals surface area contributed by atoms with Crippen LogP contribution in [0, 0.1) is 11.3 Å². The van der Waals surface area contributed by atoms with Gasteiger partial charge >= 0.3 is 11.4 Å². The number of aromatic nitrogens is 8. The molecule has 6 aromatic heterocycles. The number of nitrogens with one attached hydrogen (secondary N) is 2. The number of halogens is 2. The van der Waals surface area contributed by atoms with Gasteiger partial charge in [-0.15, -0.1) is 0 Å². The van der Waals surface area contributed by atoms with Crippen molar-refractivity contribution in [3.05, 3.63) is 234 Å². The van der Waals surface area contributed by atoms with Gasteiger partial charge in [-0.3, -0.25) is 24.5 Å².